The molecular weight excluding hydrogens is 282 g/mol. The standard InChI is InChI=1S/C15H17N5S/c1-3-16-5-4-12-9-20(6-7-21-12)15-13-11(2)8-17-14(13)18-10-19-15/h3-5,8-10H,6-7H2,1-2H3,(H,17,18,19). The number of aromatic nitrogens is 3. The maximum absolute atomic E-state index is 4.48. The molecule has 2 aromatic rings. The van der Waals surface area contributed by atoms with Crippen LogP contribution >= 0.6 is 11.8 Å². The molecule has 21 heavy (non-hydrogen) atoms. The molecule has 1 aliphatic rings. The Balaban J connectivity index is 1.98. The zero-order valence-electron chi connectivity index (χ0n) is 12.1. The van der Waals surface area contributed by atoms with Gasteiger partial charge in [-0.3, -0.25) is 4.99 Å². The maximum atomic E-state index is 4.48. The zero-order chi connectivity index (χ0) is 14.7. The first kappa shape index (κ1) is 13.9. The Labute approximate surface area is 127 Å². The normalized spacial score (nSPS) is 16.3. The maximum Gasteiger partial charge on any atom is 0.145 e. The van der Waals surface area contributed by atoms with Crippen molar-refractivity contribution in [2.75, 3.05) is 17.2 Å². The molecule has 5 nitrogen and oxygen atoms in total. The highest BCUT2D eigenvalue weighted by molar-refractivity contribution is 8.03. The number of anilines is 1. The lowest BCUT2D eigenvalue weighted by Crippen LogP contribution is -2.24. The van der Waals surface area contributed by atoms with Crippen LogP contribution in [0.2, 0.25) is 0 Å². The van der Waals surface area contributed by atoms with Crippen molar-refractivity contribution >= 4 is 34.8 Å². The van der Waals surface area contributed by atoms with E-state index in [1.165, 1.54) is 10.5 Å². The zero-order valence-corrected chi connectivity index (χ0v) is 12.9. The molecule has 0 unspecified atom stereocenters. The van der Waals surface area contributed by atoms with Gasteiger partial charge in [-0.05, 0) is 25.5 Å². The Morgan fingerprint density at radius 1 is 1.43 bits per heavy atom. The first-order chi connectivity index (χ1) is 10.3. The lowest BCUT2D eigenvalue weighted by atomic mass is 10.2. The quantitative estimate of drug-likeness (QED) is 0.884. The van der Waals surface area contributed by atoms with Crippen LogP contribution in [0.1, 0.15) is 12.5 Å². The van der Waals surface area contributed by atoms with Crippen molar-refractivity contribution in [1.29, 1.82) is 0 Å². The van der Waals surface area contributed by atoms with Crippen molar-refractivity contribution in [1.82, 2.24) is 15.0 Å². The summed E-state index contributed by atoms with van der Waals surface area (Å²) in [5, 5.41) is 1.09. The number of thioether (sulfide) groups is 1. The van der Waals surface area contributed by atoms with Crippen LogP contribution in [0.15, 0.2) is 40.9 Å². The Kier molecular flexibility index (Phi) is 4.06. The molecule has 0 amide bonds. The fourth-order valence-electron chi connectivity index (χ4n) is 2.29. The molecule has 0 aromatic carbocycles. The average molecular weight is 299 g/mol. The van der Waals surface area contributed by atoms with Crippen molar-refractivity contribution in [3.63, 3.8) is 0 Å². The summed E-state index contributed by atoms with van der Waals surface area (Å²) in [4.78, 5) is 19.4. The molecule has 2 aromatic heterocycles. The SMILES string of the molecule is CC=NC=CC1=CN(c2ncnc3[nH]cc(C)c23)CCS1. The van der Waals surface area contributed by atoms with Crippen LogP contribution in [0.5, 0.6) is 0 Å². The number of aliphatic imine (C=N–C) groups is 1. The first-order valence-corrected chi connectivity index (χ1v) is 7.82. The molecule has 0 fully saturated rings. The molecule has 108 valence electrons. The number of fused-ring (bicyclic) bond motifs is 1. The van der Waals surface area contributed by atoms with E-state index in [1.807, 2.05) is 37.2 Å². The van der Waals surface area contributed by atoms with Crippen LogP contribution in [0.25, 0.3) is 11.0 Å². The second-order valence-electron chi connectivity index (χ2n) is 4.69. The number of hydrogen-bond acceptors (Lipinski definition) is 5. The van der Waals surface area contributed by atoms with E-state index in [-0.39, 0.29) is 0 Å². The highest BCUT2D eigenvalue weighted by Gasteiger charge is 2.17. The highest BCUT2D eigenvalue weighted by Crippen LogP contribution is 2.30. The molecule has 3 heterocycles. The number of aromatic amines is 1. The summed E-state index contributed by atoms with van der Waals surface area (Å²) in [6, 6.07) is 0. The van der Waals surface area contributed by atoms with Crippen molar-refractivity contribution < 1.29 is 0 Å². The van der Waals surface area contributed by atoms with E-state index in [0.29, 0.717) is 0 Å². The van der Waals surface area contributed by atoms with Crippen LogP contribution in [0.3, 0.4) is 0 Å². The fourth-order valence-corrected chi connectivity index (χ4v) is 3.18. The van der Waals surface area contributed by atoms with Gasteiger partial charge in [0.25, 0.3) is 0 Å². The van der Waals surface area contributed by atoms with Gasteiger partial charge in [-0.1, -0.05) is 0 Å². The van der Waals surface area contributed by atoms with Gasteiger partial charge in [0.1, 0.15) is 17.8 Å². The van der Waals surface area contributed by atoms with Gasteiger partial charge in [0.05, 0.1) is 5.39 Å². The third-order valence-electron chi connectivity index (χ3n) is 3.28. The van der Waals surface area contributed by atoms with Gasteiger partial charge in [0.2, 0.25) is 0 Å². The van der Waals surface area contributed by atoms with E-state index in [4.69, 9.17) is 0 Å². The van der Waals surface area contributed by atoms with E-state index in [9.17, 15) is 0 Å². The molecule has 3 rings (SSSR count). The van der Waals surface area contributed by atoms with E-state index >= 15 is 0 Å². The molecule has 0 saturated heterocycles. The van der Waals surface area contributed by atoms with Gasteiger partial charge in [-0.15, -0.1) is 11.8 Å². The molecular formula is C15H17N5S. The second-order valence-corrected chi connectivity index (χ2v) is 5.86. The highest BCUT2D eigenvalue weighted by atomic mass is 32.2. The van der Waals surface area contributed by atoms with Gasteiger partial charge in [-0.25, -0.2) is 9.97 Å². The number of allylic oxidation sites excluding steroid dienone is 1. The summed E-state index contributed by atoms with van der Waals surface area (Å²) in [6.07, 6.45) is 11.3. The summed E-state index contributed by atoms with van der Waals surface area (Å²) < 4.78 is 0. The number of hydrogen-bond donors (Lipinski definition) is 1. The lowest BCUT2D eigenvalue weighted by Gasteiger charge is -2.25. The van der Waals surface area contributed by atoms with Crippen molar-refractivity contribution in [3.05, 3.63) is 41.5 Å². The summed E-state index contributed by atoms with van der Waals surface area (Å²) in [6.45, 7) is 4.92. The van der Waals surface area contributed by atoms with Gasteiger partial charge in [0, 0.05) is 42.0 Å². The van der Waals surface area contributed by atoms with Crippen molar-refractivity contribution in [2.45, 2.75) is 13.8 Å². The number of nitrogens with zero attached hydrogens (tertiary/aromatic N) is 4. The fraction of sp³-hybridized carbons (Fsp3) is 0.267. The number of H-pyrrole nitrogens is 1. The second kappa shape index (κ2) is 6.13. The van der Waals surface area contributed by atoms with E-state index in [2.05, 4.69) is 38.0 Å². The monoisotopic (exact) mass is 299 g/mol. The van der Waals surface area contributed by atoms with Crippen LogP contribution in [-0.2, 0) is 0 Å². The molecule has 0 saturated carbocycles. The van der Waals surface area contributed by atoms with E-state index in [0.717, 1.165) is 29.1 Å². The Bertz CT molecular complexity index is 729. The van der Waals surface area contributed by atoms with Crippen molar-refractivity contribution in [2.24, 2.45) is 4.99 Å². The van der Waals surface area contributed by atoms with E-state index < -0.39 is 0 Å². The minimum absolute atomic E-state index is 0.886. The van der Waals surface area contributed by atoms with Crippen LogP contribution in [0.4, 0.5) is 5.82 Å². The predicted molar refractivity (Wildman–Crippen MR) is 89.8 cm³/mol. The first-order valence-electron chi connectivity index (χ1n) is 6.84. The molecule has 1 aliphatic heterocycles. The minimum Gasteiger partial charge on any atom is -0.346 e. The summed E-state index contributed by atoms with van der Waals surface area (Å²) >= 11 is 1.83. The topological polar surface area (TPSA) is 57.2 Å². The van der Waals surface area contributed by atoms with Crippen molar-refractivity contribution in [3.8, 4) is 0 Å². The largest absolute Gasteiger partial charge is 0.346 e. The average Bonchev–Trinajstić information content (AvgIpc) is 2.90. The van der Waals surface area contributed by atoms with Crippen LogP contribution < -0.4 is 4.90 Å². The summed E-state index contributed by atoms with van der Waals surface area (Å²) in [7, 11) is 0. The third kappa shape index (κ3) is 2.85. The molecule has 1 N–H and O–H groups in total. The Morgan fingerprint density at radius 3 is 3.19 bits per heavy atom. The number of aryl methyl sites for hydroxylation is 1. The Morgan fingerprint density at radius 2 is 2.33 bits per heavy atom. The van der Waals surface area contributed by atoms with Crippen LogP contribution in [0, 0.1) is 6.92 Å². The van der Waals surface area contributed by atoms with Gasteiger partial charge in [-0.2, -0.15) is 0 Å². The molecule has 0 aliphatic carbocycles. The number of nitrogens with one attached hydrogen (secondary N) is 1. The summed E-state index contributed by atoms with van der Waals surface area (Å²) in [5.41, 5.74) is 2.05. The molecule has 0 spiro atoms. The van der Waals surface area contributed by atoms with Crippen LogP contribution in [-0.4, -0.2) is 33.5 Å². The molecule has 6 heteroatoms. The molecule has 0 radical (unpaired) electrons. The number of rotatable bonds is 3. The Hall–Kier alpha value is -2.08. The predicted octanol–water partition coefficient (Wildman–Crippen LogP) is 3.27. The summed E-state index contributed by atoms with van der Waals surface area (Å²) in [5.74, 6) is 1.99. The van der Waals surface area contributed by atoms with Gasteiger partial charge >= 0.3 is 0 Å². The van der Waals surface area contributed by atoms with Gasteiger partial charge in [0.15, 0.2) is 0 Å². The molecule has 0 atom stereocenters. The van der Waals surface area contributed by atoms with Gasteiger partial charge < -0.3 is 9.88 Å². The van der Waals surface area contributed by atoms with E-state index in [1.54, 1.807) is 12.5 Å². The smallest absolute Gasteiger partial charge is 0.145 e. The minimum atomic E-state index is 0.886. The third-order valence-corrected chi connectivity index (χ3v) is 4.24. The molecule has 0 bridgehead atoms. The lowest BCUT2D eigenvalue weighted by molar-refractivity contribution is 0.980.